The van der Waals surface area contributed by atoms with Crippen LogP contribution in [0.15, 0.2) is 42.5 Å². The summed E-state index contributed by atoms with van der Waals surface area (Å²) in [6, 6.07) is 12.9. The minimum Gasteiger partial charge on any atom is -0.488 e. The molecule has 3 N–H and O–H groups in total. The summed E-state index contributed by atoms with van der Waals surface area (Å²) < 4.78 is 5.84. The maximum absolute atomic E-state index is 11.4. The molecule has 0 aromatic heterocycles. The largest absolute Gasteiger partial charge is 0.488 e. The SMILES string of the molecule is OCCNCC1(O)c2ccccc2COc2cc(Cl)ccc21. The number of benzene rings is 2. The quantitative estimate of drug-likeness (QED) is 0.755. The summed E-state index contributed by atoms with van der Waals surface area (Å²) >= 11 is 6.05. The molecule has 3 rings (SSSR count). The molecule has 0 spiro atoms. The van der Waals surface area contributed by atoms with Crippen LogP contribution in [0.2, 0.25) is 5.02 Å². The second-order valence-corrected chi connectivity index (χ2v) is 5.78. The molecule has 0 fully saturated rings. The number of rotatable bonds is 4. The van der Waals surface area contributed by atoms with Gasteiger partial charge in [0.1, 0.15) is 18.0 Å². The fraction of sp³-hybridized carbons (Fsp3) is 0.294. The smallest absolute Gasteiger partial charge is 0.131 e. The average Bonchev–Trinajstić information content (AvgIpc) is 2.64. The van der Waals surface area contributed by atoms with Crippen molar-refractivity contribution in [3.8, 4) is 5.75 Å². The third kappa shape index (κ3) is 2.71. The van der Waals surface area contributed by atoms with E-state index in [0.29, 0.717) is 29.5 Å². The Hall–Kier alpha value is -1.59. The van der Waals surface area contributed by atoms with Gasteiger partial charge in [-0.2, -0.15) is 0 Å². The van der Waals surface area contributed by atoms with Gasteiger partial charge in [0.15, 0.2) is 0 Å². The van der Waals surface area contributed by atoms with Crippen molar-refractivity contribution < 1.29 is 14.9 Å². The highest BCUT2D eigenvalue weighted by Crippen LogP contribution is 2.41. The summed E-state index contributed by atoms with van der Waals surface area (Å²) in [4.78, 5) is 0. The maximum Gasteiger partial charge on any atom is 0.131 e. The molecule has 4 nitrogen and oxygen atoms in total. The molecule has 1 heterocycles. The monoisotopic (exact) mass is 319 g/mol. The maximum atomic E-state index is 11.4. The first-order valence-corrected chi connectivity index (χ1v) is 7.58. The molecule has 5 heteroatoms. The Labute approximate surface area is 134 Å². The number of hydrogen-bond acceptors (Lipinski definition) is 4. The van der Waals surface area contributed by atoms with E-state index >= 15 is 0 Å². The van der Waals surface area contributed by atoms with Gasteiger partial charge in [-0.05, 0) is 23.3 Å². The summed E-state index contributed by atoms with van der Waals surface area (Å²) in [6.07, 6.45) is 0. The Kier molecular flexibility index (Phi) is 4.36. The molecule has 0 bridgehead atoms. The van der Waals surface area contributed by atoms with Gasteiger partial charge in [0.2, 0.25) is 0 Å². The van der Waals surface area contributed by atoms with E-state index in [1.807, 2.05) is 24.3 Å². The average molecular weight is 320 g/mol. The van der Waals surface area contributed by atoms with Crippen molar-refractivity contribution in [3.05, 3.63) is 64.2 Å². The third-order valence-corrected chi connectivity index (χ3v) is 4.14. The van der Waals surface area contributed by atoms with Crippen molar-refractivity contribution in [3.63, 3.8) is 0 Å². The highest BCUT2D eigenvalue weighted by Gasteiger charge is 2.37. The molecule has 2 aromatic carbocycles. The van der Waals surface area contributed by atoms with E-state index in [9.17, 15) is 5.11 Å². The van der Waals surface area contributed by atoms with Crippen molar-refractivity contribution in [2.75, 3.05) is 19.7 Å². The number of ether oxygens (including phenoxy) is 1. The van der Waals surface area contributed by atoms with Gasteiger partial charge in [-0.25, -0.2) is 0 Å². The molecule has 22 heavy (non-hydrogen) atoms. The number of hydrogen-bond donors (Lipinski definition) is 3. The van der Waals surface area contributed by atoms with E-state index in [4.69, 9.17) is 21.4 Å². The van der Waals surface area contributed by atoms with Gasteiger partial charge in [-0.1, -0.05) is 41.9 Å². The summed E-state index contributed by atoms with van der Waals surface area (Å²) in [5.74, 6) is 0.581. The summed E-state index contributed by atoms with van der Waals surface area (Å²) in [5.41, 5.74) is 1.18. The number of nitrogens with one attached hydrogen (secondary N) is 1. The lowest BCUT2D eigenvalue weighted by molar-refractivity contribution is 0.0779. The van der Waals surface area contributed by atoms with Gasteiger partial charge in [-0.3, -0.25) is 0 Å². The van der Waals surface area contributed by atoms with Crippen LogP contribution in [0.3, 0.4) is 0 Å². The Bertz CT molecular complexity index is 677. The van der Waals surface area contributed by atoms with Crippen LogP contribution in [-0.4, -0.2) is 29.9 Å². The highest BCUT2D eigenvalue weighted by molar-refractivity contribution is 6.30. The van der Waals surface area contributed by atoms with Gasteiger partial charge in [0.05, 0.1) is 6.61 Å². The van der Waals surface area contributed by atoms with Crippen LogP contribution >= 0.6 is 11.6 Å². The fourth-order valence-electron chi connectivity index (χ4n) is 2.85. The second kappa shape index (κ2) is 6.26. The molecule has 0 amide bonds. The summed E-state index contributed by atoms with van der Waals surface area (Å²) in [6.45, 7) is 1.09. The molecular formula is C17H18ClNO3. The van der Waals surface area contributed by atoms with Crippen molar-refractivity contribution in [2.24, 2.45) is 0 Å². The van der Waals surface area contributed by atoms with Crippen LogP contribution < -0.4 is 10.1 Å². The van der Waals surface area contributed by atoms with Crippen LogP contribution in [0.4, 0.5) is 0 Å². The Morgan fingerprint density at radius 2 is 2.00 bits per heavy atom. The second-order valence-electron chi connectivity index (χ2n) is 5.35. The van der Waals surface area contributed by atoms with E-state index in [1.54, 1.807) is 18.2 Å². The van der Waals surface area contributed by atoms with Crippen molar-refractivity contribution in [2.45, 2.75) is 12.2 Å². The van der Waals surface area contributed by atoms with Gasteiger partial charge in [0.25, 0.3) is 0 Å². The normalized spacial score (nSPS) is 19.8. The zero-order valence-electron chi connectivity index (χ0n) is 12.1. The van der Waals surface area contributed by atoms with E-state index in [-0.39, 0.29) is 13.2 Å². The highest BCUT2D eigenvalue weighted by atomic mass is 35.5. The zero-order chi connectivity index (χ0) is 15.6. The first-order valence-electron chi connectivity index (χ1n) is 7.20. The van der Waals surface area contributed by atoms with Crippen molar-refractivity contribution in [1.29, 1.82) is 0 Å². The van der Waals surface area contributed by atoms with Crippen molar-refractivity contribution >= 4 is 11.6 Å². The van der Waals surface area contributed by atoms with E-state index in [1.165, 1.54) is 0 Å². The van der Waals surface area contributed by atoms with Crippen LogP contribution in [-0.2, 0) is 12.2 Å². The Morgan fingerprint density at radius 1 is 1.18 bits per heavy atom. The fourth-order valence-corrected chi connectivity index (χ4v) is 3.01. The summed E-state index contributed by atoms with van der Waals surface area (Å²) in [5, 5.41) is 24.0. The van der Waals surface area contributed by atoms with Crippen LogP contribution in [0.1, 0.15) is 16.7 Å². The number of fused-ring (bicyclic) bond motifs is 2. The predicted octanol–water partition coefficient (Wildman–Crippen LogP) is 2.05. The molecule has 1 atom stereocenters. The lowest BCUT2D eigenvalue weighted by Crippen LogP contribution is -2.40. The van der Waals surface area contributed by atoms with Gasteiger partial charge < -0.3 is 20.3 Å². The van der Waals surface area contributed by atoms with Gasteiger partial charge in [0, 0.05) is 23.7 Å². The number of halogens is 1. The lowest BCUT2D eigenvalue weighted by Gasteiger charge is -2.30. The van der Waals surface area contributed by atoms with E-state index < -0.39 is 5.60 Å². The molecule has 1 unspecified atom stereocenters. The molecule has 116 valence electrons. The van der Waals surface area contributed by atoms with Crippen LogP contribution in [0.25, 0.3) is 0 Å². The molecule has 0 aliphatic carbocycles. The number of aliphatic hydroxyl groups is 2. The molecule has 0 radical (unpaired) electrons. The molecule has 2 aromatic rings. The molecule has 0 saturated carbocycles. The van der Waals surface area contributed by atoms with E-state index in [2.05, 4.69) is 5.32 Å². The number of aliphatic hydroxyl groups excluding tert-OH is 1. The third-order valence-electron chi connectivity index (χ3n) is 3.90. The minimum absolute atomic E-state index is 0.0156. The van der Waals surface area contributed by atoms with Crippen LogP contribution in [0.5, 0.6) is 5.75 Å². The molecule has 1 aliphatic heterocycles. The van der Waals surface area contributed by atoms with Crippen LogP contribution in [0, 0.1) is 0 Å². The first-order chi connectivity index (χ1) is 10.6. The standard InChI is InChI=1S/C17H18ClNO3/c18-13-5-6-15-16(9-13)22-10-12-3-1-2-4-14(12)17(15,21)11-19-7-8-20/h1-6,9,19-21H,7-8,10-11H2. The molecule has 0 saturated heterocycles. The first kappa shape index (κ1) is 15.3. The molecular weight excluding hydrogens is 302 g/mol. The molecule has 1 aliphatic rings. The summed E-state index contributed by atoms with van der Waals surface area (Å²) in [7, 11) is 0. The lowest BCUT2D eigenvalue weighted by atomic mass is 9.83. The minimum atomic E-state index is -1.23. The van der Waals surface area contributed by atoms with Gasteiger partial charge >= 0.3 is 0 Å². The van der Waals surface area contributed by atoms with Crippen molar-refractivity contribution in [1.82, 2.24) is 5.32 Å². The topological polar surface area (TPSA) is 61.7 Å². The Morgan fingerprint density at radius 3 is 2.82 bits per heavy atom. The van der Waals surface area contributed by atoms with E-state index in [0.717, 1.165) is 11.1 Å². The Balaban J connectivity index is 2.12. The predicted molar refractivity (Wildman–Crippen MR) is 85.2 cm³/mol. The van der Waals surface area contributed by atoms with Gasteiger partial charge in [-0.15, -0.1) is 0 Å². The zero-order valence-corrected chi connectivity index (χ0v) is 12.8.